The zero-order valence-electron chi connectivity index (χ0n) is 14.4. The highest BCUT2D eigenvalue weighted by molar-refractivity contribution is 6.33. The van der Waals surface area contributed by atoms with Crippen molar-refractivity contribution in [3.63, 3.8) is 0 Å². The molecule has 1 N–H and O–H groups in total. The van der Waals surface area contributed by atoms with Gasteiger partial charge in [-0.1, -0.05) is 23.7 Å². The number of ether oxygens (including phenoxy) is 1. The molecule has 7 nitrogen and oxygen atoms in total. The number of benzene rings is 2. The van der Waals surface area contributed by atoms with Crippen LogP contribution in [0.25, 0.3) is 6.08 Å². The summed E-state index contributed by atoms with van der Waals surface area (Å²) >= 11 is 6.35. The van der Waals surface area contributed by atoms with E-state index in [-0.39, 0.29) is 11.6 Å². The topological polar surface area (TPSA) is 84.7 Å². The molecular formula is C19H18ClN3O4. The van der Waals surface area contributed by atoms with Gasteiger partial charge < -0.3 is 15.0 Å². The Labute approximate surface area is 161 Å². The molecule has 0 saturated carbocycles. The number of non-ortho nitro benzene ring substituents is 1. The Hall–Kier alpha value is -2.90. The first-order chi connectivity index (χ1) is 13.0. The molecule has 0 aliphatic carbocycles. The summed E-state index contributed by atoms with van der Waals surface area (Å²) in [5.74, 6) is -0.350. The van der Waals surface area contributed by atoms with Crippen molar-refractivity contribution in [2.24, 2.45) is 0 Å². The van der Waals surface area contributed by atoms with E-state index in [0.29, 0.717) is 29.5 Å². The summed E-state index contributed by atoms with van der Waals surface area (Å²) in [5.41, 5.74) is 2.03. The summed E-state index contributed by atoms with van der Waals surface area (Å²) in [6.07, 6.45) is 2.84. The molecule has 2 aromatic rings. The summed E-state index contributed by atoms with van der Waals surface area (Å²) in [4.78, 5) is 24.5. The number of hydrogen-bond acceptors (Lipinski definition) is 5. The van der Waals surface area contributed by atoms with Gasteiger partial charge in [0.1, 0.15) is 0 Å². The van der Waals surface area contributed by atoms with Crippen molar-refractivity contribution in [3.05, 3.63) is 69.2 Å². The van der Waals surface area contributed by atoms with Gasteiger partial charge in [-0.05, 0) is 29.8 Å². The largest absolute Gasteiger partial charge is 0.378 e. The Bertz CT molecular complexity index is 879. The fourth-order valence-corrected chi connectivity index (χ4v) is 3.04. The Balaban J connectivity index is 1.64. The molecule has 0 radical (unpaired) electrons. The van der Waals surface area contributed by atoms with Gasteiger partial charge in [-0.3, -0.25) is 14.9 Å². The van der Waals surface area contributed by atoms with Crippen LogP contribution in [0.5, 0.6) is 0 Å². The van der Waals surface area contributed by atoms with E-state index in [1.165, 1.54) is 24.3 Å². The second kappa shape index (κ2) is 8.66. The first kappa shape index (κ1) is 18.9. The molecule has 1 saturated heterocycles. The lowest BCUT2D eigenvalue weighted by molar-refractivity contribution is -0.384. The lowest BCUT2D eigenvalue weighted by Crippen LogP contribution is -2.36. The number of halogens is 1. The Morgan fingerprint density at radius 1 is 1.22 bits per heavy atom. The smallest absolute Gasteiger partial charge is 0.270 e. The van der Waals surface area contributed by atoms with Crippen molar-refractivity contribution in [2.45, 2.75) is 0 Å². The van der Waals surface area contributed by atoms with Crippen LogP contribution in [0.4, 0.5) is 17.1 Å². The molecule has 1 heterocycles. The molecule has 0 atom stereocenters. The third-order valence-electron chi connectivity index (χ3n) is 4.08. The average Bonchev–Trinajstić information content (AvgIpc) is 2.67. The van der Waals surface area contributed by atoms with Crippen LogP contribution in [0.3, 0.4) is 0 Å². The van der Waals surface area contributed by atoms with Crippen molar-refractivity contribution >= 4 is 40.6 Å². The fraction of sp³-hybridized carbons (Fsp3) is 0.211. The molecule has 140 valence electrons. The van der Waals surface area contributed by atoms with Crippen molar-refractivity contribution in [1.29, 1.82) is 0 Å². The molecule has 8 heteroatoms. The molecule has 0 unspecified atom stereocenters. The lowest BCUT2D eigenvalue weighted by atomic mass is 10.2. The maximum atomic E-state index is 12.1. The maximum Gasteiger partial charge on any atom is 0.270 e. The van der Waals surface area contributed by atoms with E-state index in [2.05, 4.69) is 10.2 Å². The van der Waals surface area contributed by atoms with Gasteiger partial charge in [0.25, 0.3) is 5.69 Å². The number of nitrogens with zero attached hydrogens (tertiary/aromatic N) is 2. The van der Waals surface area contributed by atoms with Crippen LogP contribution in [-0.2, 0) is 9.53 Å². The van der Waals surface area contributed by atoms with E-state index in [4.69, 9.17) is 16.3 Å². The molecule has 3 rings (SSSR count). The molecule has 0 bridgehead atoms. The summed E-state index contributed by atoms with van der Waals surface area (Å²) in [7, 11) is 0. The summed E-state index contributed by atoms with van der Waals surface area (Å²) < 4.78 is 5.33. The van der Waals surface area contributed by atoms with Crippen LogP contribution >= 0.6 is 11.6 Å². The molecule has 0 spiro atoms. The number of carbonyl (C=O) groups is 1. The van der Waals surface area contributed by atoms with E-state index in [0.717, 1.165) is 18.8 Å². The third kappa shape index (κ3) is 5.06. The van der Waals surface area contributed by atoms with Crippen molar-refractivity contribution < 1.29 is 14.5 Å². The number of rotatable bonds is 5. The number of carbonyl (C=O) groups excluding carboxylic acids is 1. The number of anilines is 2. The predicted octanol–water partition coefficient (Wildman–Crippen LogP) is 3.74. The second-order valence-electron chi connectivity index (χ2n) is 5.94. The highest BCUT2D eigenvalue weighted by Gasteiger charge is 2.14. The van der Waals surface area contributed by atoms with E-state index in [1.807, 2.05) is 6.07 Å². The molecular weight excluding hydrogens is 370 g/mol. The Morgan fingerprint density at radius 2 is 2.00 bits per heavy atom. The number of nitro groups is 1. The van der Waals surface area contributed by atoms with Gasteiger partial charge in [-0.15, -0.1) is 0 Å². The van der Waals surface area contributed by atoms with Gasteiger partial charge in [0.05, 0.1) is 28.8 Å². The second-order valence-corrected chi connectivity index (χ2v) is 6.35. The Kier molecular flexibility index (Phi) is 6.05. The minimum atomic E-state index is -0.477. The molecule has 0 aromatic heterocycles. The summed E-state index contributed by atoms with van der Waals surface area (Å²) in [5, 5.41) is 14.1. The third-order valence-corrected chi connectivity index (χ3v) is 4.38. The number of hydrogen-bond donors (Lipinski definition) is 1. The van der Waals surface area contributed by atoms with E-state index >= 15 is 0 Å². The molecule has 2 aromatic carbocycles. The van der Waals surface area contributed by atoms with Crippen LogP contribution < -0.4 is 10.2 Å². The average molecular weight is 388 g/mol. The first-order valence-electron chi connectivity index (χ1n) is 8.39. The van der Waals surface area contributed by atoms with Crippen LogP contribution in [0.15, 0.2) is 48.5 Å². The summed E-state index contributed by atoms with van der Waals surface area (Å²) in [6, 6.07) is 11.4. The normalized spacial score (nSPS) is 14.3. The highest BCUT2D eigenvalue weighted by Crippen LogP contribution is 2.29. The zero-order chi connectivity index (χ0) is 19.2. The summed E-state index contributed by atoms with van der Waals surface area (Å²) in [6.45, 7) is 2.88. The van der Waals surface area contributed by atoms with Crippen LogP contribution in [0.2, 0.25) is 5.02 Å². The number of amides is 1. The molecule has 1 amide bonds. The minimum absolute atomic E-state index is 0.0250. The maximum absolute atomic E-state index is 12.1. The molecule has 1 aliphatic heterocycles. The molecule has 1 fully saturated rings. The van der Waals surface area contributed by atoms with Crippen molar-refractivity contribution in [3.8, 4) is 0 Å². The standard InChI is InChI=1S/C19H18ClN3O4/c20-17-13-15(5-6-18(17)22-8-10-27-11-9-22)21-19(24)7-4-14-2-1-3-16(12-14)23(25)26/h1-7,12-13H,8-11H2,(H,21,24)/b7-4+. The SMILES string of the molecule is O=C(/C=C/c1cccc([N+](=O)[O-])c1)Nc1ccc(N2CCOCC2)c(Cl)c1. The van der Waals surface area contributed by atoms with E-state index < -0.39 is 4.92 Å². The number of nitrogens with one attached hydrogen (secondary N) is 1. The highest BCUT2D eigenvalue weighted by atomic mass is 35.5. The quantitative estimate of drug-likeness (QED) is 0.480. The van der Waals surface area contributed by atoms with Gasteiger partial charge in [0, 0.05) is 37.0 Å². The van der Waals surface area contributed by atoms with Crippen molar-refractivity contribution in [1.82, 2.24) is 0 Å². The predicted molar refractivity (Wildman–Crippen MR) is 105 cm³/mol. The van der Waals surface area contributed by atoms with Crippen molar-refractivity contribution in [2.75, 3.05) is 36.5 Å². The zero-order valence-corrected chi connectivity index (χ0v) is 15.2. The van der Waals surface area contributed by atoms with Gasteiger partial charge in [0.15, 0.2) is 0 Å². The molecule has 27 heavy (non-hydrogen) atoms. The van der Waals surface area contributed by atoms with E-state index in [9.17, 15) is 14.9 Å². The van der Waals surface area contributed by atoms with E-state index in [1.54, 1.807) is 24.3 Å². The minimum Gasteiger partial charge on any atom is -0.378 e. The number of nitro benzene ring substituents is 1. The first-order valence-corrected chi connectivity index (χ1v) is 8.76. The van der Waals surface area contributed by atoms with Crippen LogP contribution in [-0.4, -0.2) is 37.1 Å². The monoisotopic (exact) mass is 387 g/mol. The molecule has 1 aliphatic rings. The fourth-order valence-electron chi connectivity index (χ4n) is 2.74. The Morgan fingerprint density at radius 3 is 2.70 bits per heavy atom. The van der Waals surface area contributed by atoms with Gasteiger partial charge in [0.2, 0.25) is 5.91 Å². The van der Waals surface area contributed by atoms with Gasteiger partial charge in [-0.2, -0.15) is 0 Å². The van der Waals surface area contributed by atoms with Gasteiger partial charge in [-0.25, -0.2) is 0 Å². The van der Waals surface area contributed by atoms with Crippen LogP contribution in [0, 0.1) is 10.1 Å². The lowest BCUT2D eigenvalue weighted by Gasteiger charge is -2.29. The van der Waals surface area contributed by atoms with Gasteiger partial charge >= 0.3 is 0 Å². The number of morpholine rings is 1. The van der Waals surface area contributed by atoms with Crippen LogP contribution in [0.1, 0.15) is 5.56 Å².